The molecule has 8 heteroatoms. The molecule has 2 aliphatic carbocycles. The van der Waals surface area contributed by atoms with E-state index in [0.717, 1.165) is 21.9 Å². The molecule has 6 aromatic rings. The number of carbonyl (C=O) groups excluding carboxylic acids is 3. The van der Waals surface area contributed by atoms with Crippen molar-refractivity contribution in [3.63, 3.8) is 0 Å². The number of anilines is 1. The van der Waals surface area contributed by atoms with Crippen LogP contribution in [0.5, 0.6) is 23.0 Å². The summed E-state index contributed by atoms with van der Waals surface area (Å²) < 4.78 is 12.7. The molecule has 1 saturated heterocycles. The molecule has 3 heterocycles. The number of para-hydroxylation sites is 3. The van der Waals surface area contributed by atoms with Crippen molar-refractivity contribution < 1.29 is 23.9 Å². The Labute approximate surface area is 269 Å². The van der Waals surface area contributed by atoms with E-state index in [-0.39, 0.29) is 23.0 Å². The zero-order valence-electron chi connectivity index (χ0n) is 25.5. The van der Waals surface area contributed by atoms with E-state index in [1.807, 2.05) is 74.5 Å². The quantitative estimate of drug-likeness (QED) is 0.148. The lowest BCUT2D eigenvalue weighted by molar-refractivity contribution is -0.131. The van der Waals surface area contributed by atoms with Crippen LogP contribution in [0.2, 0.25) is 0 Å². The Balaban J connectivity index is 1.27. The molecule has 4 aromatic carbocycles. The van der Waals surface area contributed by atoms with Crippen molar-refractivity contribution in [2.75, 3.05) is 4.90 Å². The van der Waals surface area contributed by atoms with Gasteiger partial charge in [0.15, 0.2) is 17.3 Å². The molecule has 228 valence electrons. The number of amides is 2. The molecule has 2 aromatic heterocycles. The number of carbonyl (C=O) groups is 3. The number of nitrogens with zero attached hydrogens (tertiary/aromatic N) is 3. The highest BCUT2D eigenvalue weighted by Gasteiger charge is 2.79. The van der Waals surface area contributed by atoms with Gasteiger partial charge >= 0.3 is 0 Å². The van der Waals surface area contributed by atoms with Crippen molar-refractivity contribution in [1.82, 2.24) is 9.97 Å². The minimum Gasteiger partial charge on any atom is -0.455 e. The first-order chi connectivity index (χ1) is 22.8. The zero-order chi connectivity index (χ0) is 32.1. The van der Waals surface area contributed by atoms with Gasteiger partial charge in [0.2, 0.25) is 11.8 Å². The van der Waals surface area contributed by atoms with E-state index in [2.05, 4.69) is 9.97 Å². The van der Waals surface area contributed by atoms with Crippen molar-refractivity contribution in [1.29, 1.82) is 0 Å². The molecular formula is C39H27N3O5. The normalized spacial score (nSPS) is 24.2. The second-order valence-corrected chi connectivity index (χ2v) is 12.7. The van der Waals surface area contributed by atoms with Crippen LogP contribution in [0.1, 0.15) is 25.0 Å². The summed E-state index contributed by atoms with van der Waals surface area (Å²) in [5.41, 5.74) is 0.481. The minimum absolute atomic E-state index is 0.132. The van der Waals surface area contributed by atoms with Crippen LogP contribution in [0.15, 0.2) is 116 Å². The van der Waals surface area contributed by atoms with Crippen LogP contribution in [-0.4, -0.2) is 27.6 Å². The van der Waals surface area contributed by atoms with Crippen molar-refractivity contribution in [3.8, 4) is 23.0 Å². The lowest BCUT2D eigenvalue weighted by atomic mass is 9.64. The zero-order valence-corrected chi connectivity index (χ0v) is 25.5. The molecule has 0 radical (unpaired) electrons. The summed E-state index contributed by atoms with van der Waals surface area (Å²) in [6, 6.07) is 31.0. The summed E-state index contributed by atoms with van der Waals surface area (Å²) in [4.78, 5) is 55.1. The number of ether oxygens (including phenoxy) is 2. The Morgan fingerprint density at radius 3 is 1.47 bits per heavy atom. The Morgan fingerprint density at radius 1 is 0.574 bits per heavy atom. The van der Waals surface area contributed by atoms with E-state index in [0.29, 0.717) is 22.5 Å². The monoisotopic (exact) mass is 617 g/mol. The van der Waals surface area contributed by atoms with E-state index >= 15 is 0 Å². The van der Waals surface area contributed by atoms with Crippen LogP contribution in [0.4, 0.5) is 5.69 Å². The van der Waals surface area contributed by atoms with Crippen LogP contribution < -0.4 is 14.4 Å². The number of rotatable bonds is 5. The van der Waals surface area contributed by atoms with Crippen molar-refractivity contribution >= 4 is 45.1 Å². The van der Waals surface area contributed by atoms with Gasteiger partial charge < -0.3 is 9.47 Å². The Kier molecular flexibility index (Phi) is 5.58. The third-order valence-corrected chi connectivity index (χ3v) is 10.3. The van der Waals surface area contributed by atoms with Gasteiger partial charge in [-0.3, -0.25) is 24.4 Å². The van der Waals surface area contributed by atoms with Crippen LogP contribution in [-0.2, 0) is 25.2 Å². The van der Waals surface area contributed by atoms with Gasteiger partial charge in [-0.05, 0) is 73.5 Å². The predicted molar refractivity (Wildman–Crippen MR) is 176 cm³/mol. The first-order valence-electron chi connectivity index (χ1n) is 15.5. The minimum atomic E-state index is -1.28. The van der Waals surface area contributed by atoms with Gasteiger partial charge in [0.1, 0.15) is 17.2 Å². The maximum atomic E-state index is 14.9. The Morgan fingerprint density at radius 2 is 1.02 bits per heavy atom. The second kappa shape index (κ2) is 9.56. The van der Waals surface area contributed by atoms with E-state index in [1.54, 1.807) is 54.9 Å². The molecule has 2 amide bonds. The summed E-state index contributed by atoms with van der Waals surface area (Å²) in [6.45, 7) is 3.64. The molecule has 2 bridgehead atoms. The number of hydrogen-bond acceptors (Lipinski definition) is 7. The largest absolute Gasteiger partial charge is 0.455 e. The fraction of sp³-hybridized carbons (Fsp3) is 0.154. The van der Waals surface area contributed by atoms with Gasteiger partial charge in [-0.2, -0.15) is 0 Å². The lowest BCUT2D eigenvalue weighted by Gasteiger charge is -2.34. The van der Waals surface area contributed by atoms with E-state index in [1.165, 1.54) is 4.90 Å². The SMILES string of the molecule is C[C@]12C(=O)[C@](C)(c3c1c1cccnc1c1ncccc31)[C@@H]1C(=O)N(c3c(Oc4ccccc4)cccc3Oc3ccccc3)C(=O)[C@@H]12. The molecule has 1 aliphatic heterocycles. The van der Waals surface area contributed by atoms with Gasteiger partial charge in [-0.15, -0.1) is 0 Å². The summed E-state index contributed by atoms with van der Waals surface area (Å²) in [7, 11) is 0. The molecule has 1 saturated carbocycles. The summed E-state index contributed by atoms with van der Waals surface area (Å²) >= 11 is 0. The molecule has 0 unspecified atom stereocenters. The highest BCUT2D eigenvalue weighted by molar-refractivity contribution is 6.32. The maximum absolute atomic E-state index is 14.9. The number of ketones is 1. The highest BCUT2D eigenvalue weighted by atomic mass is 16.5. The van der Waals surface area contributed by atoms with E-state index in [9.17, 15) is 14.4 Å². The molecule has 8 nitrogen and oxygen atoms in total. The lowest BCUT2D eigenvalue weighted by Crippen LogP contribution is -2.42. The predicted octanol–water partition coefficient (Wildman–Crippen LogP) is 7.29. The van der Waals surface area contributed by atoms with Crippen molar-refractivity contribution in [2.24, 2.45) is 11.8 Å². The number of pyridine rings is 2. The second-order valence-electron chi connectivity index (χ2n) is 12.7. The summed E-state index contributed by atoms with van der Waals surface area (Å²) in [5, 5.41) is 1.54. The number of aromatic nitrogens is 2. The fourth-order valence-electron chi connectivity index (χ4n) is 8.47. The number of Topliss-reactive ketones (excluding diaryl/α,β-unsaturated/α-hetero) is 1. The van der Waals surface area contributed by atoms with Crippen LogP contribution in [0, 0.1) is 11.8 Å². The standard InChI is InChI=1S/C39H27N3O5/c1-38-28-24-16-10-20-40-32(24)33-25(17-11-21-41-33)29(28)39(2,37(38)45)31-30(38)35(43)42(36(31)44)34-26(46-22-12-5-3-6-13-22)18-9-19-27(34)47-23-14-7-4-8-15-23/h3-21,30-31H,1-2H3/t30-,31+,38+,39-. The van der Waals surface area contributed by atoms with Gasteiger partial charge in [-0.25, -0.2) is 4.90 Å². The van der Waals surface area contributed by atoms with Gasteiger partial charge in [-0.1, -0.05) is 54.6 Å². The molecule has 2 fully saturated rings. The molecule has 47 heavy (non-hydrogen) atoms. The average molecular weight is 618 g/mol. The van der Waals surface area contributed by atoms with Crippen LogP contribution in [0.3, 0.4) is 0 Å². The number of imide groups is 1. The smallest absolute Gasteiger partial charge is 0.239 e. The molecule has 9 rings (SSSR count). The third-order valence-electron chi connectivity index (χ3n) is 10.3. The number of hydrogen-bond donors (Lipinski definition) is 0. The molecule has 3 aliphatic rings. The van der Waals surface area contributed by atoms with E-state index < -0.39 is 34.5 Å². The van der Waals surface area contributed by atoms with Gasteiger partial charge in [0.25, 0.3) is 0 Å². The third kappa shape index (κ3) is 3.44. The molecule has 0 N–H and O–H groups in total. The summed E-state index contributed by atoms with van der Waals surface area (Å²) in [5.74, 6) is -1.31. The molecule has 0 spiro atoms. The van der Waals surface area contributed by atoms with Crippen LogP contribution in [0.25, 0.3) is 21.8 Å². The maximum Gasteiger partial charge on any atom is 0.239 e. The first kappa shape index (κ1) is 27.4. The van der Waals surface area contributed by atoms with Crippen molar-refractivity contribution in [2.45, 2.75) is 24.7 Å². The molecule has 4 atom stereocenters. The van der Waals surface area contributed by atoms with Crippen molar-refractivity contribution in [3.05, 3.63) is 127 Å². The van der Waals surface area contributed by atoms with Gasteiger partial charge in [0, 0.05) is 23.2 Å². The van der Waals surface area contributed by atoms with Gasteiger partial charge in [0.05, 0.1) is 33.7 Å². The fourth-order valence-corrected chi connectivity index (χ4v) is 8.47. The molecular weight excluding hydrogens is 590 g/mol. The average Bonchev–Trinajstić information content (AvgIpc) is 3.55. The Bertz CT molecular complexity index is 2170. The topological polar surface area (TPSA) is 98.7 Å². The first-order valence-corrected chi connectivity index (χ1v) is 15.5. The number of benzene rings is 4. The van der Waals surface area contributed by atoms with Crippen LogP contribution >= 0.6 is 0 Å². The van der Waals surface area contributed by atoms with E-state index in [4.69, 9.17) is 9.47 Å². The Hall–Kier alpha value is -5.89. The highest BCUT2D eigenvalue weighted by Crippen LogP contribution is 2.69. The summed E-state index contributed by atoms with van der Waals surface area (Å²) in [6.07, 6.45) is 3.41. The number of fused-ring (bicyclic) bond motifs is 13.